The van der Waals surface area contributed by atoms with E-state index in [-0.39, 0.29) is 12.5 Å². The fourth-order valence-corrected chi connectivity index (χ4v) is 0.758. The third-order valence-corrected chi connectivity index (χ3v) is 2.02. The normalized spacial score (nSPS) is 15.4. The quantitative estimate of drug-likeness (QED) is 0.486. The van der Waals surface area contributed by atoms with Gasteiger partial charge in [0, 0.05) is 6.92 Å². The summed E-state index contributed by atoms with van der Waals surface area (Å²) in [5.41, 5.74) is 0. The molecule has 0 aromatic carbocycles. The smallest absolute Gasteiger partial charge is 0.242 e. The molecule has 12 heavy (non-hydrogen) atoms. The number of amides is 1. The van der Waals surface area contributed by atoms with Crippen molar-refractivity contribution in [1.82, 2.24) is 5.06 Å². The summed E-state index contributed by atoms with van der Waals surface area (Å²) in [6.45, 7) is 5.07. The molecule has 0 fully saturated rings. The predicted octanol–water partition coefficient (Wildman–Crippen LogP) is 0.631. The Morgan fingerprint density at radius 1 is 1.58 bits per heavy atom. The van der Waals surface area contributed by atoms with E-state index in [1.807, 2.05) is 13.8 Å². The number of hydrogen-bond donors (Lipinski definition) is 2. The first kappa shape index (κ1) is 11.4. The maximum absolute atomic E-state index is 10.6. The molecule has 0 bridgehead atoms. The van der Waals surface area contributed by atoms with Crippen LogP contribution in [0.4, 0.5) is 0 Å². The Bertz CT molecular complexity index is 149. The van der Waals surface area contributed by atoms with E-state index in [4.69, 9.17) is 5.21 Å². The van der Waals surface area contributed by atoms with Gasteiger partial charge in [-0.3, -0.25) is 10.0 Å². The molecule has 4 heteroatoms. The SMILES string of the molecule is CCC(C)C(O)CN(O)C(C)=O. The largest absolute Gasteiger partial charge is 0.391 e. The van der Waals surface area contributed by atoms with Gasteiger partial charge in [-0.25, -0.2) is 5.06 Å². The van der Waals surface area contributed by atoms with Crippen LogP contribution in [-0.4, -0.2) is 33.9 Å². The molecule has 72 valence electrons. The van der Waals surface area contributed by atoms with Crippen LogP contribution >= 0.6 is 0 Å². The van der Waals surface area contributed by atoms with E-state index >= 15 is 0 Å². The second kappa shape index (κ2) is 5.11. The number of hydrogen-bond acceptors (Lipinski definition) is 3. The first-order valence-electron chi connectivity index (χ1n) is 4.14. The number of aliphatic hydroxyl groups is 1. The van der Waals surface area contributed by atoms with Crippen molar-refractivity contribution in [2.24, 2.45) is 5.92 Å². The number of hydroxylamine groups is 2. The van der Waals surface area contributed by atoms with Gasteiger partial charge in [-0.2, -0.15) is 0 Å². The summed E-state index contributed by atoms with van der Waals surface area (Å²) in [4.78, 5) is 10.6. The van der Waals surface area contributed by atoms with E-state index in [0.717, 1.165) is 6.42 Å². The fraction of sp³-hybridized carbons (Fsp3) is 0.875. The van der Waals surface area contributed by atoms with Crippen molar-refractivity contribution in [3.8, 4) is 0 Å². The molecule has 2 unspecified atom stereocenters. The predicted molar refractivity (Wildman–Crippen MR) is 44.6 cm³/mol. The van der Waals surface area contributed by atoms with Crippen LogP contribution < -0.4 is 0 Å². The molecule has 0 aliphatic carbocycles. The summed E-state index contributed by atoms with van der Waals surface area (Å²) in [6.07, 6.45) is 0.177. The van der Waals surface area contributed by atoms with Crippen LogP contribution in [0.25, 0.3) is 0 Å². The number of nitrogens with zero attached hydrogens (tertiary/aromatic N) is 1. The first-order valence-corrected chi connectivity index (χ1v) is 4.14. The van der Waals surface area contributed by atoms with Crippen molar-refractivity contribution in [2.45, 2.75) is 33.3 Å². The third kappa shape index (κ3) is 3.69. The molecule has 0 saturated heterocycles. The summed E-state index contributed by atoms with van der Waals surface area (Å²) < 4.78 is 0. The summed E-state index contributed by atoms with van der Waals surface area (Å²) in [6, 6.07) is 0. The zero-order valence-corrected chi connectivity index (χ0v) is 7.82. The molecule has 4 nitrogen and oxygen atoms in total. The van der Waals surface area contributed by atoms with Crippen LogP contribution in [0.15, 0.2) is 0 Å². The molecule has 0 heterocycles. The van der Waals surface area contributed by atoms with Crippen LogP contribution in [0.1, 0.15) is 27.2 Å². The number of aliphatic hydroxyl groups excluding tert-OH is 1. The van der Waals surface area contributed by atoms with E-state index < -0.39 is 12.0 Å². The lowest BCUT2D eigenvalue weighted by molar-refractivity contribution is -0.169. The van der Waals surface area contributed by atoms with Crippen molar-refractivity contribution in [2.75, 3.05) is 6.54 Å². The lowest BCUT2D eigenvalue weighted by atomic mass is 10.0. The van der Waals surface area contributed by atoms with E-state index in [1.165, 1.54) is 6.92 Å². The average molecular weight is 175 g/mol. The van der Waals surface area contributed by atoms with Crippen molar-refractivity contribution >= 4 is 5.91 Å². The Labute approximate surface area is 72.8 Å². The van der Waals surface area contributed by atoms with Gasteiger partial charge >= 0.3 is 0 Å². The molecule has 1 amide bonds. The number of rotatable bonds is 4. The van der Waals surface area contributed by atoms with E-state index in [1.54, 1.807) is 0 Å². The highest BCUT2D eigenvalue weighted by molar-refractivity contribution is 5.71. The Morgan fingerprint density at radius 3 is 2.42 bits per heavy atom. The van der Waals surface area contributed by atoms with E-state index in [0.29, 0.717) is 5.06 Å². The van der Waals surface area contributed by atoms with E-state index in [9.17, 15) is 9.90 Å². The van der Waals surface area contributed by atoms with Gasteiger partial charge in [0.05, 0.1) is 12.6 Å². The summed E-state index contributed by atoms with van der Waals surface area (Å²) in [7, 11) is 0. The maximum atomic E-state index is 10.6. The van der Waals surface area contributed by atoms with Gasteiger partial charge in [0.2, 0.25) is 5.91 Å². The number of carbonyl (C=O) groups excluding carboxylic acids is 1. The third-order valence-electron chi connectivity index (χ3n) is 2.02. The maximum Gasteiger partial charge on any atom is 0.242 e. The summed E-state index contributed by atoms with van der Waals surface area (Å²) in [5, 5.41) is 18.9. The molecule has 2 atom stereocenters. The Hall–Kier alpha value is -0.610. The minimum absolute atomic E-state index is 0.00958. The van der Waals surface area contributed by atoms with Crippen molar-refractivity contribution in [3.05, 3.63) is 0 Å². The highest BCUT2D eigenvalue weighted by atomic mass is 16.5. The van der Waals surface area contributed by atoms with E-state index in [2.05, 4.69) is 0 Å². The fourth-order valence-electron chi connectivity index (χ4n) is 0.758. The molecule has 0 spiro atoms. The lowest BCUT2D eigenvalue weighted by Gasteiger charge is -2.21. The van der Waals surface area contributed by atoms with Gasteiger partial charge in [0.15, 0.2) is 0 Å². The van der Waals surface area contributed by atoms with Crippen LogP contribution in [0.5, 0.6) is 0 Å². The van der Waals surface area contributed by atoms with Gasteiger partial charge in [-0.05, 0) is 5.92 Å². The topological polar surface area (TPSA) is 60.8 Å². The number of carbonyl (C=O) groups is 1. The molecule has 0 saturated carbocycles. The van der Waals surface area contributed by atoms with Gasteiger partial charge in [0.1, 0.15) is 0 Å². The standard InChI is InChI=1S/C8H17NO3/c1-4-6(2)8(11)5-9(12)7(3)10/h6,8,11-12H,4-5H2,1-3H3. The van der Waals surface area contributed by atoms with Crippen LogP contribution in [0, 0.1) is 5.92 Å². The molecule has 0 aliphatic rings. The second-order valence-electron chi connectivity index (χ2n) is 3.05. The Kier molecular flexibility index (Phi) is 4.85. The molecular formula is C8H17NO3. The van der Waals surface area contributed by atoms with Gasteiger partial charge in [-0.15, -0.1) is 0 Å². The first-order chi connectivity index (χ1) is 5.49. The average Bonchev–Trinajstić information content (AvgIpc) is 2.02. The van der Waals surface area contributed by atoms with Crippen LogP contribution in [0.2, 0.25) is 0 Å². The van der Waals surface area contributed by atoms with Crippen LogP contribution in [0.3, 0.4) is 0 Å². The highest BCUT2D eigenvalue weighted by Gasteiger charge is 2.16. The van der Waals surface area contributed by atoms with Crippen LogP contribution in [-0.2, 0) is 4.79 Å². The van der Waals surface area contributed by atoms with Gasteiger partial charge in [0.25, 0.3) is 0 Å². The highest BCUT2D eigenvalue weighted by Crippen LogP contribution is 2.07. The molecule has 0 aromatic heterocycles. The monoisotopic (exact) mass is 175 g/mol. The van der Waals surface area contributed by atoms with Gasteiger partial charge in [-0.1, -0.05) is 20.3 Å². The minimum atomic E-state index is -0.649. The molecule has 0 rings (SSSR count). The minimum Gasteiger partial charge on any atom is -0.391 e. The second-order valence-corrected chi connectivity index (χ2v) is 3.05. The molecule has 0 aromatic rings. The Balaban J connectivity index is 3.83. The van der Waals surface area contributed by atoms with Gasteiger partial charge < -0.3 is 5.11 Å². The molecule has 0 aliphatic heterocycles. The Morgan fingerprint density at radius 2 is 2.08 bits per heavy atom. The van der Waals surface area contributed by atoms with Crippen molar-refractivity contribution < 1.29 is 15.1 Å². The van der Waals surface area contributed by atoms with Crippen molar-refractivity contribution in [1.29, 1.82) is 0 Å². The zero-order chi connectivity index (χ0) is 9.72. The molecule has 2 N–H and O–H groups in total. The summed E-state index contributed by atoms with van der Waals surface area (Å²) >= 11 is 0. The lowest BCUT2D eigenvalue weighted by Crippen LogP contribution is -2.36. The summed E-state index contributed by atoms with van der Waals surface area (Å²) in [5.74, 6) is -0.351. The molecule has 0 radical (unpaired) electrons. The van der Waals surface area contributed by atoms with Crippen molar-refractivity contribution in [3.63, 3.8) is 0 Å². The molecular weight excluding hydrogens is 158 g/mol. The zero-order valence-electron chi connectivity index (χ0n) is 7.82.